The predicted octanol–water partition coefficient (Wildman–Crippen LogP) is 3.66. The zero-order chi connectivity index (χ0) is 16.5. The SMILES string of the molecule is C=CCNC(=S)NC(=O)c1ccc(OCCC(C)C)c(Br)c1. The van der Waals surface area contributed by atoms with Gasteiger partial charge < -0.3 is 10.1 Å². The fourth-order valence-corrected chi connectivity index (χ4v) is 2.22. The topological polar surface area (TPSA) is 50.4 Å². The van der Waals surface area contributed by atoms with Gasteiger partial charge in [-0.25, -0.2) is 0 Å². The van der Waals surface area contributed by atoms with Crippen LogP contribution in [0, 0.1) is 5.92 Å². The number of carbonyl (C=O) groups is 1. The first-order chi connectivity index (χ1) is 10.4. The summed E-state index contributed by atoms with van der Waals surface area (Å²) >= 11 is 8.43. The normalized spacial score (nSPS) is 10.2. The monoisotopic (exact) mass is 384 g/mol. The molecule has 22 heavy (non-hydrogen) atoms. The van der Waals surface area contributed by atoms with Crippen molar-refractivity contribution in [1.29, 1.82) is 0 Å². The van der Waals surface area contributed by atoms with Crippen molar-refractivity contribution in [2.75, 3.05) is 13.2 Å². The molecule has 0 saturated carbocycles. The Hall–Kier alpha value is -1.40. The lowest BCUT2D eigenvalue weighted by Gasteiger charge is -2.11. The van der Waals surface area contributed by atoms with Crippen LogP contribution in [0.15, 0.2) is 35.3 Å². The van der Waals surface area contributed by atoms with Gasteiger partial charge in [0.15, 0.2) is 5.11 Å². The summed E-state index contributed by atoms with van der Waals surface area (Å²) in [4.78, 5) is 12.1. The molecule has 1 aromatic rings. The van der Waals surface area contributed by atoms with Gasteiger partial charge in [-0.2, -0.15) is 0 Å². The van der Waals surface area contributed by atoms with Gasteiger partial charge in [-0.15, -0.1) is 6.58 Å². The van der Waals surface area contributed by atoms with Crippen molar-refractivity contribution in [3.63, 3.8) is 0 Å². The molecule has 2 N–H and O–H groups in total. The van der Waals surface area contributed by atoms with Gasteiger partial charge in [0.05, 0.1) is 11.1 Å². The third kappa shape index (κ3) is 6.58. The molecule has 0 radical (unpaired) electrons. The van der Waals surface area contributed by atoms with Gasteiger partial charge in [-0.1, -0.05) is 19.9 Å². The van der Waals surface area contributed by atoms with Crippen LogP contribution < -0.4 is 15.4 Å². The Kier molecular flexibility index (Phi) is 8.12. The van der Waals surface area contributed by atoms with Crippen molar-refractivity contribution in [3.8, 4) is 5.75 Å². The Labute approximate surface area is 145 Å². The molecule has 1 amide bonds. The number of thiocarbonyl (C=S) groups is 1. The van der Waals surface area contributed by atoms with Gasteiger partial charge in [0, 0.05) is 12.1 Å². The molecule has 0 fully saturated rings. The maximum atomic E-state index is 12.1. The molecule has 0 aliphatic rings. The van der Waals surface area contributed by atoms with Crippen LogP contribution in [-0.2, 0) is 0 Å². The van der Waals surface area contributed by atoms with E-state index in [2.05, 4.69) is 47.0 Å². The van der Waals surface area contributed by atoms with E-state index in [1.165, 1.54) is 0 Å². The molecular formula is C16H21BrN2O2S. The Balaban J connectivity index is 2.61. The lowest BCUT2D eigenvalue weighted by Crippen LogP contribution is -2.39. The number of nitrogens with one attached hydrogen (secondary N) is 2. The smallest absolute Gasteiger partial charge is 0.257 e. The summed E-state index contributed by atoms with van der Waals surface area (Å²) in [5.74, 6) is 1.05. The Morgan fingerprint density at radius 2 is 2.23 bits per heavy atom. The zero-order valence-corrected chi connectivity index (χ0v) is 15.2. The number of hydrogen-bond donors (Lipinski definition) is 2. The Morgan fingerprint density at radius 3 is 2.82 bits per heavy atom. The van der Waals surface area contributed by atoms with Gasteiger partial charge >= 0.3 is 0 Å². The fraction of sp³-hybridized carbons (Fsp3) is 0.375. The average molecular weight is 385 g/mol. The highest BCUT2D eigenvalue weighted by molar-refractivity contribution is 9.10. The van der Waals surface area contributed by atoms with E-state index >= 15 is 0 Å². The molecule has 0 aromatic heterocycles. The summed E-state index contributed by atoms with van der Waals surface area (Å²) in [6.07, 6.45) is 2.65. The van der Waals surface area contributed by atoms with Crippen LogP contribution in [0.2, 0.25) is 0 Å². The van der Waals surface area contributed by atoms with Gasteiger partial charge in [-0.05, 0) is 58.7 Å². The van der Waals surface area contributed by atoms with Crippen LogP contribution in [0.3, 0.4) is 0 Å². The van der Waals surface area contributed by atoms with E-state index < -0.39 is 0 Å². The number of carbonyl (C=O) groups excluding carboxylic acids is 1. The van der Waals surface area contributed by atoms with Crippen LogP contribution in [-0.4, -0.2) is 24.2 Å². The van der Waals surface area contributed by atoms with Crippen molar-refractivity contribution < 1.29 is 9.53 Å². The van der Waals surface area contributed by atoms with E-state index in [1.54, 1.807) is 24.3 Å². The largest absolute Gasteiger partial charge is 0.492 e. The highest BCUT2D eigenvalue weighted by Crippen LogP contribution is 2.26. The molecule has 0 saturated heterocycles. The first kappa shape index (κ1) is 18.6. The molecule has 6 heteroatoms. The molecule has 4 nitrogen and oxygen atoms in total. The molecule has 0 unspecified atom stereocenters. The van der Waals surface area contributed by atoms with Crippen LogP contribution in [0.1, 0.15) is 30.6 Å². The van der Waals surface area contributed by atoms with E-state index in [9.17, 15) is 4.79 Å². The predicted molar refractivity (Wildman–Crippen MR) is 97.4 cm³/mol. The Bertz CT molecular complexity index is 547. The molecule has 0 aliphatic heterocycles. The number of ether oxygens (including phenoxy) is 1. The number of amides is 1. The van der Waals surface area contributed by atoms with Gasteiger partial charge in [0.2, 0.25) is 0 Å². The lowest BCUT2D eigenvalue weighted by atomic mass is 10.1. The van der Waals surface area contributed by atoms with Crippen molar-refractivity contribution >= 4 is 39.2 Å². The molecule has 1 aromatic carbocycles. The van der Waals surface area contributed by atoms with Crippen LogP contribution in [0.5, 0.6) is 5.75 Å². The Morgan fingerprint density at radius 1 is 1.50 bits per heavy atom. The molecule has 0 bridgehead atoms. The van der Waals surface area contributed by atoms with Crippen LogP contribution in [0.25, 0.3) is 0 Å². The summed E-state index contributed by atoms with van der Waals surface area (Å²) in [6, 6.07) is 5.20. The van der Waals surface area contributed by atoms with E-state index in [0.717, 1.165) is 16.6 Å². The van der Waals surface area contributed by atoms with E-state index in [-0.39, 0.29) is 11.0 Å². The van der Waals surface area contributed by atoms with Gasteiger partial charge in [0.25, 0.3) is 5.91 Å². The van der Waals surface area contributed by atoms with Crippen molar-refractivity contribution in [2.24, 2.45) is 5.92 Å². The number of rotatable bonds is 7. The van der Waals surface area contributed by atoms with Crippen LogP contribution in [0.4, 0.5) is 0 Å². The highest BCUT2D eigenvalue weighted by atomic mass is 79.9. The summed E-state index contributed by atoms with van der Waals surface area (Å²) in [5, 5.41) is 5.73. The first-order valence-corrected chi connectivity index (χ1v) is 8.26. The van der Waals surface area contributed by atoms with E-state index in [0.29, 0.717) is 24.6 Å². The minimum Gasteiger partial charge on any atom is -0.492 e. The molecule has 1 rings (SSSR count). The summed E-state index contributed by atoms with van der Waals surface area (Å²) in [6.45, 7) is 9.02. The van der Waals surface area contributed by atoms with Crippen molar-refractivity contribution in [1.82, 2.24) is 10.6 Å². The third-order valence-electron chi connectivity index (χ3n) is 2.78. The number of halogens is 1. The number of hydrogen-bond acceptors (Lipinski definition) is 3. The van der Waals surface area contributed by atoms with E-state index in [4.69, 9.17) is 17.0 Å². The van der Waals surface area contributed by atoms with Gasteiger partial charge in [-0.3, -0.25) is 10.1 Å². The minimum atomic E-state index is -0.268. The minimum absolute atomic E-state index is 0.268. The van der Waals surface area contributed by atoms with Crippen molar-refractivity contribution in [2.45, 2.75) is 20.3 Å². The molecular weight excluding hydrogens is 364 g/mol. The first-order valence-electron chi connectivity index (χ1n) is 7.06. The molecule has 0 atom stereocenters. The highest BCUT2D eigenvalue weighted by Gasteiger charge is 2.10. The molecule has 120 valence electrons. The second-order valence-corrected chi connectivity index (χ2v) is 6.39. The van der Waals surface area contributed by atoms with Crippen molar-refractivity contribution in [3.05, 3.63) is 40.9 Å². The van der Waals surface area contributed by atoms with Gasteiger partial charge in [0.1, 0.15) is 5.75 Å². The molecule has 0 aliphatic carbocycles. The standard InChI is InChI=1S/C16H21BrN2O2S/c1-4-8-18-16(22)19-15(20)12-5-6-14(13(17)10-12)21-9-7-11(2)3/h4-6,10-11H,1,7-9H2,2-3H3,(H2,18,19,20,22). The van der Waals surface area contributed by atoms with E-state index in [1.807, 2.05) is 0 Å². The second kappa shape index (κ2) is 9.58. The zero-order valence-electron chi connectivity index (χ0n) is 12.8. The maximum absolute atomic E-state index is 12.1. The fourth-order valence-electron chi connectivity index (χ4n) is 1.55. The average Bonchev–Trinajstić information content (AvgIpc) is 2.46. The number of benzene rings is 1. The maximum Gasteiger partial charge on any atom is 0.257 e. The van der Waals surface area contributed by atoms with Crippen LogP contribution >= 0.6 is 28.1 Å². The summed E-state index contributed by atoms with van der Waals surface area (Å²) < 4.78 is 6.43. The lowest BCUT2D eigenvalue weighted by molar-refractivity contribution is 0.0976. The quantitative estimate of drug-likeness (QED) is 0.556. The molecule has 0 heterocycles. The summed E-state index contributed by atoms with van der Waals surface area (Å²) in [5.41, 5.74) is 0.505. The summed E-state index contributed by atoms with van der Waals surface area (Å²) in [7, 11) is 0. The third-order valence-corrected chi connectivity index (χ3v) is 3.65. The second-order valence-electron chi connectivity index (χ2n) is 5.13. The molecule has 0 spiro atoms.